The van der Waals surface area contributed by atoms with E-state index in [0.29, 0.717) is 30.9 Å². The van der Waals surface area contributed by atoms with Gasteiger partial charge < -0.3 is 10.0 Å². The van der Waals surface area contributed by atoms with Crippen molar-refractivity contribution in [1.82, 2.24) is 9.78 Å². The van der Waals surface area contributed by atoms with Gasteiger partial charge in [-0.3, -0.25) is 10.1 Å². The number of aryl methyl sites for hydroxylation is 1. The van der Waals surface area contributed by atoms with Gasteiger partial charge >= 0.3 is 11.7 Å². The van der Waals surface area contributed by atoms with E-state index < -0.39 is 16.9 Å². The number of nitrogens with zero attached hydrogens (tertiary/aromatic N) is 4. The second-order valence-corrected chi connectivity index (χ2v) is 5.24. The van der Waals surface area contributed by atoms with Crippen molar-refractivity contribution >= 4 is 17.5 Å². The van der Waals surface area contributed by atoms with Crippen molar-refractivity contribution in [3.05, 3.63) is 15.8 Å². The van der Waals surface area contributed by atoms with Crippen molar-refractivity contribution in [1.29, 1.82) is 0 Å². The van der Waals surface area contributed by atoms with E-state index in [1.807, 2.05) is 13.8 Å². The summed E-state index contributed by atoms with van der Waals surface area (Å²) < 4.78 is 1.55. The molecule has 1 aliphatic rings. The third-order valence-electron chi connectivity index (χ3n) is 3.51. The Morgan fingerprint density at radius 2 is 2.20 bits per heavy atom. The molecule has 0 amide bonds. The fourth-order valence-electron chi connectivity index (χ4n) is 2.65. The first-order chi connectivity index (χ1) is 9.34. The van der Waals surface area contributed by atoms with Crippen LogP contribution in [0.1, 0.15) is 38.4 Å². The summed E-state index contributed by atoms with van der Waals surface area (Å²) in [5.41, 5.74) is 0.224. The van der Waals surface area contributed by atoms with E-state index in [1.54, 1.807) is 16.5 Å². The number of carboxylic acid groups (broad SMARTS) is 1. The zero-order valence-electron chi connectivity index (χ0n) is 11.7. The predicted octanol–water partition coefficient (Wildman–Crippen LogP) is 1.73. The minimum Gasteiger partial charge on any atom is -0.480 e. The molecule has 110 valence electrons. The highest BCUT2D eigenvalue weighted by molar-refractivity contribution is 5.80. The first-order valence-corrected chi connectivity index (χ1v) is 6.57. The average molecular weight is 282 g/mol. The Morgan fingerprint density at radius 3 is 2.70 bits per heavy atom. The van der Waals surface area contributed by atoms with E-state index in [-0.39, 0.29) is 11.7 Å². The van der Waals surface area contributed by atoms with Crippen LogP contribution in [-0.2, 0) is 4.79 Å². The van der Waals surface area contributed by atoms with Crippen molar-refractivity contribution in [3.8, 4) is 0 Å². The van der Waals surface area contributed by atoms with Gasteiger partial charge in [0.15, 0.2) is 0 Å². The van der Waals surface area contributed by atoms with E-state index in [9.17, 15) is 20.0 Å². The van der Waals surface area contributed by atoms with E-state index in [0.717, 1.165) is 0 Å². The Kier molecular flexibility index (Phi) is 3.65. The fraction of sp³-hybridized carbons (Fsp3) is 0.667. The molecule has 1 atom stereocenters. The van der Waals surface area contributed by atoms with E-state index in [1.165, 1.54) is 0 Å². The quantitative estimate of drug-likeness (QED) is 0.666. The lowest BCUT2D eigenvalue weighted by Gasteiger charge is -2.24. The number of anilines is 1. The van der Waals surface area contributed by atoms with Crippen LogP contribution in [0.25, 0.3) is 0 Å². The zero-order valence-corrected chi connectivity index (χ0v) is 11.7. The molecule has 1 N–H and O–H groups in total. The van der Waals surface area contributed by atoms with Crippen LogP contribution in [0.3, 0.4) is 0 Å². The Bertz CT molecular complexity index is 552. The van der Waals surface area contributed by atoms with Crippen molar-refractivity contribution in [2.45, 2.75) is 45.7 Å². The molecule has 20 heavy (non-hydrogen) atoms. The standard InChI is InChI=1S/C12H18N4O4/c1-7(2)15-11(10(16(19)20)8(3)13-15)14-6-4-5-9(14)12(17)18/h7,9H,4-6H2,1-3H3,(H,17,18). The molecule has 0 bridgehead atoms. The summed E-state index contributed by atoms with van der Waals surface area (Å²) in [6.07, 6.45) is 1.20. The third-order valence-corrected chi connectivity index (χ3v) is 3.51. The molecule has 8 heteroatoms. The summed E-state index contributed by atoms with van der Waals surface area (Å²) in [4.78, 5) is 23.7. The van der Waals surface area contributed by atoms with Crippen molar-refractivity contribution in [2.24, 2.45) is 0 Å². The molecule has 1 aromatic rings. The molecule has 1 aliphatic heterocycles. The summed E-state index contributed by atoms with van der Waals surface area (Å²) in [5.74, 6) is -0.640. The number of rotatable bonds is 4. The van der Waals surface area contributed by atoms with Gasteiger partial charge in [-0.1, -0.05) is 0 Å². The van der Waals surface area contributed by atoms with Gasteiger partial charge in [0.1, 0.15) is 11.7 Å². The minimum absolute atomic E-state index is 0.0764. The number of aliphatic carboxylic acids is 1. The summed E-state index contributed by atoms with van der Waals surface area (Å²) in [7, 11) is 0. The topological polar surface area (TPSA) is 102 Å². The van der Waals surface area contributed by atoms with Crippen LogP contribution in [-0.4, -0.2) is 38.4 Å². The number of hydrogen-bond donors (Lipinski definition) is 1. The molecule has 8 nitrogen and oxygen atoms in total. The summed E-state index contributed by atoms with van der Waals surface area (Å²) in [6.45, 7) is 5.80. The maximum atomic E-state index is 11.3. The fourth-order valence-corrected chi connectivity index (χ4v) is 2.65. The highest BCUT2D eigenvalue weighted by Crippen LogP contribution is 2.37. The molecular weight excluding hydrogens is 264 g/mol. The van der Waals surface area contributed by atoms with Gasteiger partial charge in [-0.25, -0.2) is 9.48 Å². The number of aromatic nitrogens is 2. The van der Waals surface area contributed by atoms with Gasteiger partial charge in [0.2, 0.25) is 5.82 Å². The molecule has 1 aromatic heterocycles. The lowest BCUT2D eigenvalue weighted by Crippen LogP contribution is -2.37. The summed E-state index contributed by atoms with van der Waals surface area (Å²) in [5, 5.41) is 24.8. The first-order valence-electron chi connectivity index (χ1n) is 6.57. The van der Waals surface area contributed by atoms with Crippen LogP contribution < -0.4 is 4.90 Å². The predicted molar refractivity (Wildman–Crippen MR) is 72.0 cm³/mol. The molecule has 0 spiro atoms. The third kappa shape index (κ3) is 2.21. The van der Waals surface area contributed by atoms with Gasteiger partial charge in [0.25, 0.3) is 0 Å². The number of hydrogen-bond acceptors (Lipinski definition) is 5. The van der Waals surface area contributed by atoms with E-state index in [4.69, 9.17) is 0 Å². The number of carboxylic acids is 1. The number of nitro groups is 1. The second kappa shape index (κ2) is 5.10. The largest absolute Gasteiger partial charge is 0.480 e. The van der Waals surface area contributed by atoms with Gasteiger partial charge in [0, 0.05) is 12.6 Å². The highest BCUT2D eigenvalue weighted by Gasteiger charge is 2.39. The molecule has 2 rings (SSSR count). The van der Waals surface area contributed by atoms with Crippen LogP contribution in [0.5, 0.6) is 0 Å². The van der Waals surface area contributed by atoms with Crippen molar-refractivity contribution in [2.75, 3.05) is 11.4 Å². The molecular formula is C12H18N4O4. The molecule has 1 saturated heterocycles. The van der Waals surface area contributed by atoms with Crippen molar-refractivity contribution < 1.29 is 14.8 Å². The van der Waals surface area contributed by atoms with Crippen LogP contribution in [0.2, 0.25) is 0 Å². The maximum absolute atomic E-state index is 11.3. The Labute approximate surface area is 116 Å². The summed E-state index contributed by atoms with van der Waals surface area (Å²) >= 11 is 0. The van der Waals surface area contributed by atoms with Crippen molar-refractivity contribution in [3.63, 3.8) is 0 Å². The maximum Gasteiger partial charge on any atom is 0.333 e. The van der Waals surface area contributed by atoms with Gasteiger partial charge in [-0.2, -0.15) is 5.10 Å². The lowest BCUT2D eigenvalue weighted by atomic mass is 10.2. The molecule has 0 saturated carbocycles. The smallest absolute Gasteiger partial charge is 0.333 e. The molecule has 0 radical (unpaired) electrons. The molecule has 1 unspecified atom stereocenters. The Hall–Kier alpha value is -2.12. The van der Waals surface area contributed by atoms with E-state index >= 15 is 0 Å². The van der Waals surface area contributed by atoms with Gasteiger partial charge in [0.05, 0.1) is 4.92 Å². The van der Waals surface area contributed by atoms with Gasteiger partial charge in [-0.05, 0) is 33.6 Å². The molecule has 2 heterocycles. The van der Waals surface area contributed by atoms with Gasteiger partial charge in [-0.15, -0.1) is 0 Å². The molecule has 0 aromatic carbocycles. The average Bonchev–Trinajstić information content (AvgIpc) is 2.91. The SMILES string of the molecule is Cc1nn(C(C)C)c(N2CCCC2C(=O)O)c1[N+](=O)[O-]. The second-order valence-electron chi connectivity index (χ2n) is 5.24. The van der Waals surface area contributed by atoms with Crippen LogP contribution in [0.15, 0.2) is 0 Å². The normalized spacial score (nSPS) is 18.8. The van der Waals surface area contributed by atoms with Crippen LogP contribution in [0, 0.1) is 17.0 Å². The molecule has 0 aliphatic carbocycles. The Morgan fingerprint density at radius 1 is 1.55 bits per heavy atom. The molecule has 1 fully saturated rings. The summed E-state index contributed by atoms with van der Waals surface area (Å²) in [6, 6.07) is -0.797. The highest BCUT2D eigenvalue weighted by atomic mass is 16.6. The zero-order chi connectivity index (χ0) is 15.0. The van der Waals surface area contributed by atoms with E-state index in [2.05, 4.69) is 5.10 Å². The first kappa shape index (κ1) is 14.3. The monoisotopic (exact) mass is 282 g/mol. The lowest BCUT2D eigenvalue weighted by molar-refractivity contribution is -0.384. The van der Waals surface area contributed by atoms with Crippen LogP contribution in [0.4, 0.5) is 11.5 Å². The Balaban J connectivity index is 2.59. The number of carbonyl (C=O) groups is 1. The minimum atomic E-state index is -0.953. The van der Waals surface area contributed by atoms with Crippen LogP contribution >= 0.6 is 0 Å².